The van der Waals surface area contributed by atoms with Crippen LogP contribution in [0.5, 0.6) is 0 Å². The highest BCUT2D eigenvalue weighted by Gasteiger charge is 2.12. The average Bonchev–Trinajstić information content (AvgIpc) is 2.81. The van der Waals surface area contributed by atoms with Gasteiger partial charge in [0.2, 0.25) is 5.91 Å². The van der Waals surface area contributed by atoms with E-state index < -0.39 is 17.5 Å². The minimum absolute atomic E-state index is 0.0139. The second-order valence-corrected chi connectivity index (χ2v) is 5.20. The van der Waals surface area contributed by atoms with Gasteiger partial charge in [0.25, 0.3) is 0 Å². The Morgan fingerprint density at radius 2 is 2.25 bits per heavy atom. The Morgan fingerprint density at radius 3 is 2.85 bits per heavy atom. The Labute approximate surface area is 118 Å². The van der Waals surface area contributed by atoms with Crippen molar-refractivity contribution in [2.75, 3.05) is 5.32 Å². The second kappa shape index (κ2) is 6.06. The molecule has 3 N–H and O–H groups in total. The van der Waals surface area contributed by atoms with Gasteiger partial charge in [-0.25, -0.2) is 13.8 Å². The van der Waals surface area contributed by atoms with Gasteiger partial charge in [-0.1, -0.05) is 0 Å². The van der Waals surface area contributed by atoms with E-state index in [0.29, 0.717) is 11.8 Å². The molecule has 1 aromatic carbocycles. The zero-order valence-electron chi connectivity index (χ0n) is 10.7. The van der Waals surface area contributed by atoms with Gasteiger partial charge in [-0.2, -0.15) is 0 Å². The van der Waals surface area contributed by atoms with Gasteiger partial charge < -0.3 is 11.1 Å². The van der Waals surface area contributed by atoms with E-state index in [-0.39, 0.29) is 18.2 Å². The summed E-state index contributed by atoms with van der Waals surface area (Å²) in [6.45, 7) is 1.80. The predicted molar refractivity (Wildman–Crippen MR) is 73.4 cm³/mol. The van der Waals surface area contributed by atoms with Gasteiger partial charge in [-0.05, 0) is 19.1 Å². The van der Waals surface area contributed by atoms with E-state index in [4.69, 9.17) is 5.73 Å². The molecule has 1 amide bonds. The fourth-order valence-corrected chi connectivity index (χ4v) is 2.34. The van der Waals surface area contributed by atoms with Gasteiger partial charge in [0.15, 0.2) is 0 Å². The molecule has 1 aromatic heterocycles. The molecule has 1 atom stereocenters. The summed E-state index contributed by atoms with van der Waals surface area (Å²) in [5.41, 5.74) is 6.19. The molecule has 1 heterocycles. The summed E-state index contributed by atoms with van der Waals surface area (Å²) in [6.07, 6.45) is 0.0139. The normalized spacial score (nSPS) is 12.2. The summed E-state index contributed by atoms with van der Waals surface area (Å²) in [5.74, 6) is -1.92. The lowest BCUT2D eigenvalue weighted by atomic mass is 10.2. The van der Waals surface area contributed by atoms with Crippen molar-refractivity contribution in [3.05, 3.63) is 45.9 Å². The molecular formula is C13H13F2N3OS. The Kier molecular flexibility index (Phi) is 4.41. The van der Waals surface area contributed by atoms with Crippen LogP contribution in [0.3, 0.4) is 0 Å². The first kappa shape index (κ1) is 14.5. The molecule has 2 rings (SSSR count). The number of carbonyl (C=O) groups is 1. The van der Waals surface area contributed by atoms with Crippen LogP contribution in [-0.2, 0) is 11.2 Å². The van der Waals surface area contributed by atoms with Crippen molar-refractivity contribution in [3.8, 4) is 0 Å². The first-order valence-corrected chi connectivity index (χ1v) is 6.78. The third-order valence-electron chi connectivity index (χ3n) is 2.51. The molecule has 0 radical (unpaired) electrons. The van der Waals surface area contributed by atoms with Crippen molar-refractivity contribution in [1.82, 2.24) is 4.98 Å². The van der Waals surface area contributed by atoms with Gasteiger partial charge in [-0.15, -0.1) is 11.3 Å². The molecule has 0 saturated heterocycles. The molecule has 106 valence electrons. The number of rotatable bonds is 4. The molecule has 0 aliphatic rings. The molecule has 2 aromatic rings. The first-order valence-electron chi connectivity index (χ1n) is 5.90. The third kappa shape index (κ3) is 3.58. The van der Waals surface area contributed by atoms with Crippen LogP contribution >= 0.6 is 11.3 Å². The smallest absolute Gasteiger partial charge is 0.230 e. The number of nitrogens with zero attached hydrogens (tertiary/aromatic N) is 1. The Hall–Kier alpha value is -1.86. The summed E-state index contributed by atoms with van der Waals surface area (Å²) < 4.78 is 26.1. The van der Waals surface area contributed by atoms with Crippen LogP contribution in [0.2, 0.25) is 0 Å². The summed E-state index contributed by atoms with van der Waals surface area (Å²) in [4.78, 5) is 16.0. The van der Waals surface area contributed by atoms with E-state index in [9.17, 15) is 13.6 Å². The van der Waals surface area contributed by atoms with E-state index in [1.54, 1.807) is 12.3 Å². The number of benzene rings is 1. The Morgan fingerprint density at radius 1 is 1.50 bits per heavy atom. The van der Waals surface area contributed by atoms with Crippen LogP contribution in [0, 0.1) is 11.6 Å². The van der Waals surface area contributed by atoms with E-state index in [1.807, 2.05) is 0 Å². The summed E-state index contributed by atoms with van der Waals surface area (Å²) in [7, 11) is 0. The van der Waals surface area contributed by atoms with Gasteiger partial charge >= 0.3 is 0 Å². The van der Waals surface area contributed by atoms with Crippen LogP contribution < -0.4 is 11.1 Å². The fraction of sp³-hybridized carbons (Fsp3) is 0.231. The number of thiazole rings is 1. The molecule has 0 spiro atoms. The van der Waals surface area contributed by atoms with Gasteiger partial charge in [-0.3, -0.25) is 4.79 Å². The third-order valence-corrected chi connectivity index (χ3v) is 3.60. The number of anilines is 1. The lowest BCUT2D eigenvalue weighted by molar-refractivity contribution is -0.115. The van der Waals surface area contributed by atoms with Crippen molar-refractivity contribution in [2.24, 2.45) is 5.73 Å². The molecule has 7 heteroatoms. The van der Waals surface area contributed by atoms with Crippen LogP contribution in [0.1, 0.15) is 23.7 Å². The molecular weight excluding hydrogens is 284 g/mol. The topological polar surface area (TPSA) is 68.0 Å². The van der Waals surface area contributed by atoms with Crippen LogP contribution in [0.15, 0.2) is 23.6 Å². The molecule has 4 nitrogen and oxygen atoms in total. The first-order chi connectivity index (χ1) is 9.45. The number of hydrogen-bond donors (Lipinski definition) is 2. The number of nitrogens with one attached hydrogen (secondary N) is 1. The minimum atomic E-state index is -0.812. The lowest BCUT2D eigenvalue weighted by Gasteiger charge is -2.05. The largest absolute Gasteiger partial charge is 0.323 e. The van der Waals surface area contributed by atoms with Crippen molar-refractivity contribution < 1.29 is 13.6 Å². The molecule has 0 fully saturated rings. The average molecular weight is 297 g/mol. The Bertz CT molecular complexity index is 628. The Balaban J connectivity index is 2.01. The number of hydrogen-bond acceptors (Lipinski definition) is 4. The van der Waals surface area contributed by atoms with Crippen molar-refractivity contribution in [1.29, 1.82) is 0 Å². The number of nitrogens with two attached hydrogens (primary N) is 1. The van der Waals surface area contributed by atoms with Gasteiger partial charge in [0.05, 0.1) is 23.8 Å². The van der Waals surface area contributed by atoms with E-state index in [2.05, 4.69) is 10.3 Å². The molecule has 20 heavy (non-hydrogen) atoms. The van der Waals surface area contributed by atoms with E-state index >= 15 is 0 Å². The number of amides is 1. The molecule has 0 saturated carbocycles. The summed E-state index contributed by atoms with van der Waals surface area (Å²) >= 11 is 1.37. The molecule has 0 aliphatic heterocycles. The SMILES string of the molecule is CC(N)c1nc(CC(=O)Nc2ccc(F)cc2F)cs1. The molecule has 0 aliphatic carbocycles. The maximum atomic E-state index is 13.4. The zero-order chi connectivity index (χ0) is 14.7. The second-order valence-electron chi connectivity index (χ2n) is 4.31. The molecule has 0 bridgehead atoms. The van der Waals surface area contributed by atoms with Gasteiger partial charge in [0.1, 0.15) is 16.6 Å². The predicted octanol–water partition coefficient (Wildman–Crippen LogP) is 2.62. The van der Waals surface area contributed by atoms with Crippen LogP contribution in [0.25, 0.3) is 0 Å². The standard InChI is InChI=1S/C13H13F2N3OS/c1-7(16)13-17-9(6-20-13)5-12(19)18-11-3-2-8(14)4-10(11)15/h2-4,6-7H,5,16H2,1H3,(H,18,19). The van der Waals surface area contributed by atoms with Crippen molar-refractivity contribution in [3.63, 3.8) is 0 Å². The number of aromatic nitrogens is 1. The van der Waals surface area contributed by atoms with Crippen molar-refractivity contribution in [2.45, 2.75) is 19.4 Å². The monoisotopic (exact) mass is 297 g/mol. The number of halogens is 2. The zero-order valence-corrected chi connectivity index (χ0v) is 11.5. The van der Waals surface area contributed by atoms with E-state index in [1.165, 1.54) is 17.4 Å². The summed E-state index contributed by atoms with van der Waals surface area (Å²) in [5, 5.41) is 4.85. The van der Waals surface area contributed by atoms with Crippen molar-refractivity contribution >= 4 is 22.9 Å². The minimum Gasteiger partial charge on any atom is -0.323 e. The summed E-state index contributed by atoms with van der Waals surface area (Å²) in [6, 6.07) is 2.78. The molecule has 1 unspecified atom stereocenters. The quantitative estimate of drug-likeness (QED) is 0.911. The van der Waals surface area contributed by atoms with Gasteiger partial charge in [0, 0.05) is 11.4 Å². The fourth-order valence-electron chi connectivity index (χ4n) is 1.56. The van der Waals surface area contributed by atoms with Crippen LogP contribution in [-0.4, -0.2) is 10.9 Å². The van der Waals surface area contributed by atoms with Crippen LogP contribution in [0.4, 0.5) is 14.5 Å². The highest BCUT2D eigenvalue weighted by molar-refractivity contribution is 7.09. The highest BCUT2D eigenvalue weighted by atomic mass is 32.1. The highest BCUT2D eigenvalue weighted by Crippen LogP contribution is 2.18. The number of carbonyl (C=O) groups excluding carboxylic acids is 1. The maximum absolute atomic E-state index is 13.4. The lowest BCUT2D eigenvalue weighted by Crippen LogP contribution is -2.16. The van der Waals surface area contributed by atoms with E-state index in [0.717, 1.165) is 11.1 Å². The maximum Gasteiger partial charge on any atom is 0.230 e.